The maximum absolute atomic E-state index is 12.5. The van der Waals surface area contributed by atoms with E-state index in [0.29, 0.717) is 6.42 Å². The van der Waals surface area contributed by atoms with E-state index in [0.717, 1.165) is 23.3 Å². The second kappa shape index (κ2) is 5.73. The van der Waals surface area contributed by atoms with Crippen molar-refractivity contribution in [3.8, 4) is 0 Å². The lowest BCUT2D eigenvalue weighted by Crippen LogP contribution is -2.29. The molecule has 2 nitrogen and oxygen atoms in total. The molecule has 1 atom stereocenters. The molecule has 6 heteroatoms. The zero-order chi connectivity index (χ0) is 13.9. The van der Waals surface area contributed by atoms with E-state index in [4.69, 9.17) is 5.84 Å². The normalized spacial score (nSPS) is 13.5. The molecule has 0 saturated carbocycles. The van der Waals surface area contributed by atoms with Crippen LogP contribution in [0.25, 0.3) is 0 Å². The van der Waals surface area contributed by atoms with Gasteiger partial charge in [-0.2, -0.15) is 24.5 Å². The number of benzene rings is 1. The molecule has 2 rings (SSSR count). The molecule has 102 valence electrons. The second-order valence-electron chi connectivity index (χ2n) is 4.17. The summed E-state index contributed by atoms with van der Waals surface area (Å²) in [5.41, 5.74) is 3.83. The van der Waals surface area contributed by atoms with Crippen LogP contribution < -0.4 is 11.3 Å². The first-order chi connectivity index (χ1) is 9.00. The predicted octanol–water partition coefficient (Wildman–Crippen LogP) is 3.51. The molecule has 0 saturated heterocycles. The zero-order valence-corrected chi connectivity index (χ0v) is 10.8. The topological polar surface area (TPSA) is 38.0 Å². The quantitative estimate of drug-likeness (QED) is 0.666. The molecule has 0 bridgehead atoms. The number of nitrogens with two attached hydrogens (primary N) is 1. The number of rotatable bonds is 4. The minimum Gasteiger partial charge on any atom is -0.271 e. The summed E-state index contributed by atoms with van der Waals surface area (Å²) in [6, 6.07) is 6.84. The summed E-state index contributed by atoms with van der Waals surface area (Å²) >= 11 is 1.58. The largest absolute Gasteiger partial charge is 0.416 e. The Hall–Kier alpha value is -1.37. The molecule has 2 aromatic rings. The molecule has 1 aromatic heterocycles. The third kappa shape index (κ3) is 3.56. The van der Waals surface area contributed by atoms with Crippen LogP contribution in [0.2, 0.25) is 0 Å². The Morgan fingerprint density at radius 3 is 2.32 bits per heavy atom. The standard InChI is InChI=1S/C13H13F3N2S/c14-13(15,16)11-3-1-10(2-4-11)12(18-17)7-9-5-6-19-8-9/h1-6,8,12,18H,7,17H2. The summed E-state index contributed by atoms with van der Waals surface area (Å²) in [5.74, 6) is 5.48. The van der Waals surface area contributed by atoms with Gasteiger partial charge in [0.25, 0.3) is 0 Å². The lowest BCUT2D eigenvalue weighted by atomic mass is 10.00. The Morgan fingerprint density at radius 2 is 1.84 bits per heavy atom. The summed E-state index contributed by atoms with van der Waals surface area (Å²) in [6.45, 7) is 0. The number of hydrogen-bond acceptors (Lipinski definition) is 3. The van der Waals surface area contributed by atoms with E-state index in [1.54, 1.807) is 11.3 Å². The van der Waals surface area contributed by atoms with Crippen molar-refractivity contribution in [3.63, 3.8) is 0 Å². The summed E-state index contributed by atoms with van der Waals surface area (Å²) < 4.78 is 37.4. The molecular formula is C13H13F3N2S. The molecule has 0 aliphatic carbocycles. The van der Waals surface area contributed by atoms with Gasteiger partial charge in [0.1, 0.15) is 0 Å². The first-order valence-corrected chi connectivity index (χ1v) is 6.59. The minimum absolute atomic E-state index is 0.197. The van der Waals surface area contributed by atoms with Crippen molar-refractivity contribution in [1.29, 1.82) is 0 Å². The van der Waals surface area contributed by atoms with Crippen LogP contribution in [-0.4, -0.2) is 0 Å². The first-order valence-electron chi connectivity index (χ1n) is 5.65. The molecule has 0 spiro atoms. The maximum Gasteiger partial charge on any atom is 0.416 e. The Labute approximate surface area is 113 Å². The van der Waals surface area contributed by atoms with Gasteiger partial charge in [0.15, 0.2) is 0 Å². The van der Waals surface area contributed by atoms with Gasteiger partial charge in [0.2, 0.25) is 0 Å². The van der Waals surface area contributed by atoms with Gasteiger partial charge < -0.3 is 0 Å². The molecule has 1 aromatic carbocycles. The van der Waals surface area contributed by atoms with Crippen LogP contribution in [0.15, 0.2) is 41.1 Å². The highest BCUT2D eigenvalue weighted by molar-refractivity contribution is 7.07. The van der Waals surface area contributed by atoms with E-state index in [9.17, 15) is 13.2 Å². The number of alkyl halides is 3. The van der Waals surface area contributed by atoms with Gasteiger partial charge in [-0.25, -0.2) is 0 Å². The fraction of sp³-hybridized carbons (Fsp3) is 0.231. The number of hydrogen-bond donors (Lipinski definition) is 2. The van der Waals surface area contributed by atoms with Crippen LogP contribution in [0, 0.1) is 0 Å². The van der Waals surface area contributed by atoms with Crippen molar-refractivity contribution in [1.82, 2.24) is 5.43 Å². The van der Waals surface area contributed by atoms with Crippen LogP contribution in [0.3, 0.4) is 0 Å². The van der Waals surface area contributed by atoms with Gasteiger partial charge in [0.05, 0.1) is 11.6 Å². The molecule has 0 fully saturated rings. The zero-order valence-electron chi connectivity index (χ0n) is 9.95. The van der Waals surface area contributed by atoms with E-state index in [1.807, 2.05) is 16.8 Å². The number of thiophene rings is 1. The predicted molar refractivity (Wildman–Crippen MR) is 69.5 cm³/mol. The van der Waals surface area contributed by atoms with Gasteiger partial charge >= 0.3 is 6.18 Å². The minimum atomic E-state index is -4.31. The molecule has 0 aliphatic heterocycles. The van der Waals surface area contributed by atoms with Crippen LogP contribution in [-0.2, 0) is 12.6 Å². The van der Waals surface area contributed by atoms with E-state index >= 15 is 0 Å². The molecular weight excluding hydrogens is 273 g/mol. The molecule has 1 heterocycles. The SMILES string of the molecule is NNC(Cc1ccsc1)c1ccc(C(F)(F)F)cc1. The maximum atomic E-state index is 12.5. The molecule has 1 unspecified atom stereocenters. The fourth-order valence-corrected chi connectivity index (χ4v) is 2.50. The van der Waals surface area contributed by atoms with Crippen molar-refractivity contribution >= 4 is 11.3 Å². The van der Waals surface area contributed by atoms with Gasteiger partial charge in [-0.3, -0.25) is 11.3 Å². The number of hydrazine groups is 1. The van der Waals surface area contributed by atoms with Crippen LogP contribution in [0.5, 0.6) is 0 Å². The number of halogens is 3. The van der Waals surface area contributed by atoms with Crippen molar-refractivity contribution < 1.29 is 13.2 Å². The van der Waals surface area contributed by atoms with Gasteiger partial charge in [0, 0.05) is 0 Å². The Morgan fingerprint density at radius 1 is 1.16 bits per heavy atom. The molecule has 0 radical (unpaired) electrons. The van der Waals surface area contributed by atoms with E-state index < -0.39 is 11.7 Å². The van der Waals surface area contributed by atoms with E-state index in [-0.39, 0.29) is 6.04 Å². The lowest BCUT2D eigenvalue weighted by molar-refractivity contribution is -0.137. The van der Waals surface area contributed by atoms with Crippen molar-refractivity contribution in [3.05, 3.63) is 57.8 Å². The Kier molecular flexibility index (Phi) is 4.24. The average Bonchev–Trinajstić information content (AvgIpc) is 2.88. The molecule has 0 aliphatic rings. The Balaban J connectivity index is 2.15. The van der Waals surface area contributed by atoms with Crippen molar-refractivity contribution in [2.24, 2.45) is 5.84 Å². The molecule has 19 heavy (non-hydrogen) atoms. The summed E-state index contributed by atoms with van der Waals surface area (Å²) in [6.07, 6.45) is -3.66. The smallest absolute Gasteiger partial charge is 0.271 e. The van der Waals surface area contributed by atoms with Crippen LogP contribution in [0.4, 0.5) is 13.2 Å². The fourth-order valence-electron chi connectivity index (χ4n) is 1.82. The summed E-state index contributed by atoms with van der Waals surface area (Å²) in [5, 5.41) is 3.95. The monoisotopic (exact) mass is 286 g/mol. The molecule has 3 N–H and O–H groups in total. The van der Waals surface area contributed by atoms with E-state index in [2.05, 4.69) is 5.43 Å². The van der Waals surface area contributed by atoms with Gasteiger partial charge in [-0.05, 0) is 46.5 Å². The van der Waals surface area contributed by atoms with Crippen LogP contribution >= 0.6 is 11.3 Å². The van der Waals surface area contributed by atoms with Gasteiger partial charge in [-0.15, -0.1) is 0 Å². The first kappa shape index (κ1) is 14.0. The molecule has 0 amide bonds. The van der Waals surface area contributed by atoms with Crippen molar-refractivity contribution in [2.45, 2.75) is 18.6 Å². The second-order valence-corrected chi connectivity index (χ2v) is 4.95. The average molecular weight is 286 g/mol. The highest BCUT2D eigenvalue weighted by Gasteiger charge is 2.30. The number of nitrogens with one attached hydrogen (secondary N) is 1. The third-order valence-corrected chi connectivity index (χ3v) is 3.59. The summed E-state index contributed by atoms with van der Waals surface area (Å²) in [4.78, 5) is 0. The van der Waals surface area contributed by atoms with Crippen molar-refractivity contribution in [2.75, 3.05) is 0 Å². The highest BCUT2D eigenvalue weighted by Crippen LogP contribution is 2.30. The third-order valence-electron chi connectivity index (χ3n) is 2.86. The van der Waals surface area contributed by atoms with Gasteiger partial charge in [-0.1, -0.05) is 12.1 Å². The van der Waals surface area contributed by atoms with E-state index in [1.165, 1.54) is 12.1 Å². The Bertz CT molecular complexity index is 506. The van der Waals surface area contributed by atoms with Crippen LogP contribution in [0.1, 0.15) is 22.7 Å². The summed E-state index contributed by atoms with van der Waals surface area (Å²) in [7, 11) is 0. The highest BCUT2D eigenvalue weighted by atomic mass is 32.1. The lowest BCUT2D eigenvalue weighted by Gasteiger charge is -2.16.